The SMILES string of the molecule is C=CCSc1ccccc1NC(=O)CN1CCCc2cc(OC)ccc21. The van der Waals surface area contributed by atoms with Gasteiger partial charge in [-0.2, -0.15) is 0 Å². The van der Waals surface area contributed by atoms with E-state index in [2.05, 4.69) is 28.9 Å². The maximum absolute atomic E-state index is 12.6. The van der Waals surface area contributed by atoms with E-state index in [1.807, 2.05) is 36.4 Å². The molecule has 136 valence electrons. The largest absolute Gasteiger partial charge is 0.497 e. The summed E-state index contributed by atoms with van der Waals surface area (Å²) < 4.78 is 5.31. The summed E-state index contributed by atoms with van der Waals surface area (Å²) in [4.78, 5) is 15.8. The molecule has 2 aromatic carbocycles. The molecule has 0 aliphatic carbocycles. The van der Waals surface area contributed by atoms with Gasteiger partial charge in [-0.1, -0.05) is 18.2 Å². The molecular formula is C21H24N2O2S. The topological polar surface area (TPSA) is 41.6 Å². The number of ether oxygens (including phenoxy) is 1. The van der Waals surface area contributed by atoms with Gasteiger partial charge in [-0.25, -0.2) is 0 Å². The van der Waals surface area contributed by atoms with Crippen molar-refractivity contribution in [1.29, 1.82) is 0 Å². The van der Waals surface area contributed by atoms with E-state index in [4.69, 9.17) is 4.74 Å². The Labute approximate surface area is 159 Å². The minimum absolute atomic E-state index is 0.000297. The molecule has 26 heavy (non-hydrogen) atoms. The van der Waals surface area contributed by atoms with Crippen molar-refractivity contribution >= 4 is 29.0 Å². The molecule has 1 amide bonds. The molecule has 0 aromatic heterocycles. The fourth-order valence-electron chi connectivity index (χ4n) is 3.15. The lowest BCUT2D eigenvalue weighted by Crippen LogP contribution is -2.36. The molecule has 0 spiro atoms. The summed E-state index contributed by atoms with van der Waals surface area (Å²) in [5.41, 5.74) is 3.23. The second-order valence-electron chi connectivity index (χ2n) is 6.16. The first-order chi connectivity index (χ1) is 12.7. The van der Waals surface area contributed by atoms with Gasteiger partial charge in [-0.3, -0.25) is 4.79 Å². The van der Waals surface area contributed by atoms with Crippen molar-refractivity contribution in [1.82, 2.24) is 0 Å². The van der Waals surface area contributed by atoms with Crippen LogP contribution in [-0.4, -0.2) is 31.9 Å². The third kappa shape index (κ3) is 4.41. The zero-order valence-corrected chi connectivity index (χ0v) is 15.8. The average molecular weight is 369 g/mol. The Morgan fingerprint density at radius 3 is 3.00 bits per heavy atom. The van der Waals surface area contributed by atoms with Gasteiger partial charge in [0.1, 0.15) is 5.75 Å². The monoisotopic (exact) mass is 368 g/mol. The van der Waals surface area contributed by atoms with Gasteiger partial charge in [0, 0.05) is 22.9 Å². The van der Waals surface area contributed by atoms with Crippen molar-refractivity contribution in [2.75, 3.05) is 36.2 Å². The number of rotatable bonds is 7. The highest BCUT2D eigenvalue weighted by Crippen LogP contribution is 2.31. The lowest BCUT2D eigenvalue weighted by molar-refractivity contribution is -0.115. The molecule has 1 heterocycles. The number of carbonyl (C=O) groups excluding carboxylic acids is 1. The number of thioether (sulfide) groups is 1. The first-order valence-electron chi connectivity index (χ1n) is 8.75. The Kier molecular flexibility index (Phi) is 6.23. The Morgan fingerprint density at radius 2 is 2.19 bits per heavy atom. The van der Waals surface area contributed by atoms with Crippen molar-refractivity contribution in [2.45, 2.75) is 17.7 Å². The fraction of sp³-hybridized carbons (Fsp3) is 0.286. The van der Waals surface area contributed by atoms with Crippen LogP contribution in [0.4, 0.5) is 11.4 Å². The first-order valence-corrected chi connectivity index (χ1v) is 9.74. The van der Waals surface area contributed by atoms with E-state index in [1.54, 1.807) is 18.9 Å². The van der Waals surface area contributed by atoms with Gasteiger partial charge in [0.05, 0.1) is 19.3 Å². The maximum Gasteiger partial charge on any atom is 0.243 e. The number of hydrogen-bond donors (Lipinski definition) is 1. The predicted molar refractivity (Wildman–Crippen MR) is 110 cm³/mol. The zero-order valence-electron chi connectivity index (χ0n) is 15.0. The number of nitrogens with one attached hydrogen (secondary N) is 1. The number of hydrogen-bond acceptors (Lipinski definition) is 4. The highest BCUT2D eigenvalue weighted by molar-refractivity contribution is 7.99. The molecule has 0 unspecified atom stereocenters. The summed E-state index contributed by atoms with van der Waals surface area (Å²) in [5, 5.41) is 3.06. The predicted octanol–water partition coefficient (Wildman–Crippen LogP) is 4.36. The minimum atomic E-state index is 0.000297. The number of methoxy groups -OCH3 is 1. The highest BCUT2D eigenvalue weighted by atomic mass is 32.2. The zero-order chi connectivity index (χ0) is 18.4. The molecule has 0 atom stereocenters. The second-order valence-corrected chi connectivity index (χ2v) is 7.23. The highest BCUT2D eigenvalue weighted by Gasteiger charge is 2.20. The van der Waals surface area contributed by atoms with Crippen LogP contribution < -0.4 is 15.0 Å². The van der Waals surface area contributed by atoms with E-state index in [1.165, 1.54) is 5.56 Å². The summed E-state index contributed by atoms with van der Waals surface area (Å²) >= 11 is 1.67. The van der Waals surface area contributed by atoms with Gasteiger partial charge in [0.2, 0.25) is 5.91 Å². The van der Waals surface area contributed by atoms with Gasteiger partial charge in [0.15, 0.2) is 0 Å². The molecule has 1 aliphatic rings. The van der Waals surface area contributed by atoms with Gasteiger partial charge >= 0.3 is 0 Å². The normalized spacial score (nSPS) is 13.0. The van der Waals surface area contributed by atoms with Crippen LogP contribution in [-0.2, 0) is 11.2 Å². The molecule has 2 aromatic rings. The van der Waals surface area contributed by atoms with Gasteiger partial charge in [-0.15, -0.1) is 18.3 Å². The molecule has 3 rings (SSSR count). The smallest absolute Gasteiger partial charge is 0.243 e. The van der Waals surface area contributed by atoms with Crippen molar-refractivity contribution in [3.8, 4) is 5.75 Å². The van der Waals surface area contributed by atoms with Gasteiger partial charge < -0.3 is 15.0 Å². The number of aryl methyl sites for hydroxylation is 1. The molecule has 5 heteroatoms. The lowest BCUT2D eigenvalue weighted by Gasteiger charge is -2.31. The van der Waals surface area contributed by atoms with Crippen molar-refractivity contribution in [2.24, 2.45) is 0 Å². The Hall–Kier alpha value is -2.40. The maximum atomic E-state index is 12.6. The van der Waals surface area contributed by atoms with E-state index in [0.29, 0.717) is 6.54 Å². The number of fused-ring (bicyclic) bond motifs is 1. The number of amides is 1. The van der Waals surface area contributed by atoms with Crippen LogP contribution in [0.3, 0.4) is 0 Å². The Morgan fingerprint density at radius 1 is 1.35 bits per heavy atom. The average Bonchev–Trinajstić information content (AvgIpc) is 2.67. The molecule has 4 nitrogen and oxygen atoms in total. The van der Waals surface area contributed by atoms with Gasteiger partial charge in [-0.05, 0) is 48.7 Å². The molecule has 0 saturated heterocycles. The number of para-hydroxylation sites is 1. The van der Waals surface area contributed by atoms with E-state index in [0.717, 1.165) is 47.2 Å². The molecule has 0 bridgehead atoms. The Balaban J connectivity index is 1.69. The lowest BCUT2D eigenvalue weighted by atomic mass is 10.0. The standard InChI is InChI=1S/C21H24N2O2S/c1-3-13-26-20-9-5-4-8-18(20)22-21(24)15-23-12-6-7-16-14-17(25-2)10-11-19(16)23/h3-5,8-11,14H,1,6-7,12-13,15H2,2H3,(H,22,24). The fourth-order valence-corrected chi connectivity index (χ4v) is 3.90. The minimum Gasteiger partial charge on any atom is -0.497 e. The quantitative estimate of drug-likeness (QED) is 0.582. The van der Waals surface area contributed by atoms with Crippen molar-refractivity contribution in [3.63, 3.8) is 0 Å². The second kappa shape index (κ2) is 8.81. The number of carbonyl (C=O) groups is 1. The number of nitrogens with zero attached hydrogens (tertiary/aromatic N) is 1. The van der Waals surface area contributed by atoms with Crippen LogP contribution >= 0.6 is 11.8 Å². The molecule has 0 fully saturated rings. The van der Waals surface area contributed by atoms with E-state index in [9.17, 15) is 4.79 Å². The molecular weight excluding hydrogens is 344 g/mol. The van der Waals surface area contributed by atoms with E-state index >= 15 is 0 Å². The van der Waals surface area contributed by atoms with Crippen LogP contribution in [0.1, 0.15) is 12.0 Å². The molecule has 1 aliphatic heterocycles. The molecule has 0 radical (unpaired) electrons. The van der Waals surface area contributed by atoms with Crippen LogP contribution in [0.2, 0.25) is 0 Å². The van der Waals surface area contributed by atoms with Crippen LogP contribution in [0.25, 0.3) is 0 Å². The van der Waals surface area contributed by atoms with Crippen molar-refractivity contribution < 1.29 is 9.53 Å². The van der Waals surface area contributed by atoms with Crippen molar-refractivity contribution in [3.05, 3.63) is 60.7 Å². The van der Waals surface area contributed by atoms with Crippen LogP contribution in [0.15, 0.2) is 60.0 Å². The third-order valence-electron chi connectivity index (χ3n) is 4.35. The summed E-state index contributed by atoms with van der Waals surface area (Å²) in [7, 11) is 1.68. The third-order valence-corrected chi connectivity index (χ3v) is 5.42. The summed E-state index contributed by atoms with van der Waals surface area (Å²) in [5.74, 6) is 1.68. The number of benzene rings is 2. The summed E-state index contributed by atoms with van der Waals surface area (Å²) in [6.45, 7) is 4.99. The summed E-state index contributed by atoms with van der Waals surface area (Å²) in [6.07, 6.45) is 3.92. The Bertz CT molecular complexity index is 791. The number of anilines is 2. The molecule has 1 N–H and O–H groups in total. The molecule has 0 saturated carbocycles. The van der Waals surface area contributed by atoms with Crippen LogP contribution in [0, 0.1) is 0 Å². The first kappa shape index (κ1) is 18.4. The van der Waals surface area contributed by atoms with Crippen LogP contribution in [0.5, 0.6) is 5.75 Å². The van der Waals surface area contributed by atoms with Gasteiger partial charge in [0.25, 0.3) is 0 Å². The summed E-state index contributed by atoms with van der Waals surface area (Å²) in [6, 6.07) is 14.0. The van der Waals surface area contributed by atoms with E-state index in [-0.39, 0.29) is 5.91 Å². The van der Waals surface area contributed by atoms with E-state index < -0.39 is 0 Å².